The van der Waals surface area contributed by atoms with Crippen LogP contribution in [0, 0.1) is 5.82 Å². The van der Waals surface area contributed by atoms with Gasteiger partial charge in [0, 0.05) is 37.0 Å². The summed E-state index contributed by atoms with van der Waals surface area (Å²) >= 11 is 0. The predicted octanol–water partition coefficient (Wildman–Crippen LogP) is 4.82. The molecular formula is C23H24FNO2. The van der Waals surface area contributed by atoms with Gasteiger partial charge in [0.1, 0.15) is 17.7 Å². The minimum atomic E-state index is -0.333. The van der Waals surface area contributed by atoms with Crippen molar-refractivity contribution in [1.29, 1.82) is 0 Å². The average Bonchev–Trinajstić information content (AvgIpc) is 2.72. The van der Waals surface area contributed by atoms with Gasteiger partial charge in [-0.25, -0.2) is 4.39 Å². The molecule has 0 saturated carbocycles. The highest BCUT2D eigenvalue weighted by molar-refractivity contribution is 5.88. The van der Waals surface area contributed by atoms with Crippen molar-refractivity contribution in [1.82, 2.24) is 4.90 Å². The second kappa shape index (κ2) is 8.51. The quantitative estimate of drug-likeness (QED) is 0.625. The van der Waals surface area contributed by atoms with Crippen LogP contribution in [0.4, 0.5) is 4.39 Å². The van der Waals surface area contributed by atoms with Crippen LogP contribution in [0.1, 0.15) is 18.1 Å². The molecule has 0 N–H and O–H groups in total. The van der Waals surface area contributed by atoms with Gasteiger partial charge in [0.05, 0.1) is 13.2 Å². The van der Waals surface area contributed by atoms with E-state index in [0.29, 0.717) is 5.56 Å². The van der Waals surface area contributed by atoms with Crippen LogP contribution in [-0.2, 0) is 4.74 Å². The third-order valence-electron chi connectivity index (χ3n) is 5.08. The van der Waals surface area contributed by atoms with E-state index in [9.17, 15) is 4.39 Å². The summed E-state index contributed by atoms with van der Waals surface area (Å²) in [5.41, 5.74) is 0.610. The van der Waals surface area contributed by atoms with E-state index in [2.05, 4.69) is 17.0 Å². The molecule has 0 spiro atoms. The molecule has 1 heterocycles. The van der Waals surface area contributed by atoms with Crippen molar-refractivity contribution in [3.8, 4) is 5.75 Å². The van der Waals surface area contributed by atoms with E-state index in [4.69, 9.17) is 9.47 Å². The van der Waals surface area contributed by atoms with E-state index in [-0.39, 0.29) is 11.9 Å². The molecule has 3 aromatic rings. The van der Waals surface area contributed by atoms with Gasteiger partial charge in [0.25, 0.3) is 0 Å². The molecular weight excluding hydrogens is 341 g/mol. The van der Waals surface area contributed by atoms with Gasteiger partial charge in [0.15, 0.2) is 0 Å². The fourth-order valence-electron chi connectivity index (χ4n) is 3.59. The number of halogens is 1. The smallest absolute Gasteiger partial charge is 0.130 e. The van der Waals surface area contributed by atoms with Gasteiger partial charge in [-0.1, -0.05) is 54.6 Å². The molecule has 1 saturated heterocycles. The fourth-order valence-corrected chi connectivity index (χ4v) is 3.59. The van der Waals surface area contributed by atoms with E-state index in [1.54, 1.807) is 6.07 Å². The molecule has 0 aromatic heterocycles. The number of rotatable bonds is 6. The summed E-state index contributed by atoms with van der Waals surface area (Å²) in [7, 11) is 0. The first kappa shape index (κ1) is 18.0. The van der Waals surface area contributed by atoms with Gasteiger partial charge < -0.3 is 9.47 Å². The van der Waals surface area contributed by atoms with E-state index in [1.807, 2.05) is 42.5 Å². The molecule has 1 atom stereocenters. The molecule has 1 aliphatic heterocycles. The van der Waals surface area contributed by atoms with E-state index in [1.165, 1.54) is 6.07 Å². The number of fused-ring (bicyclic) bond motifs is 1. The van der Waals surface area contributed by atoms with Crippen LogP contribution in [0.3, 0.4) is 0 Å². The molecule has 140 valence electrons. The van der Waals surface area contributed by atoms with Crippen LogP contribution in [-0.4, -0.2) is 37.7 Å². The lowest BCUT2D eigenvalue weighted by molar-refractivity contribution is 0.0316. The maximum Gasteiger partial charge on any atom is 0.130 e. The maximum absolute atomic E-state index is 14.5. The first-order valence-electron chi connectivity index (χ1n) is 9.50. The Morgan fingerprint density at radius 3 is 2.52 bits per heavy atom. The number of hydrogen-bond acceptors (Lipinski definition) is 3. The van der Waals surface area contributed by atoms with E-state index >= 15 is 0 Å². The third kappa shape index (κ3) is 4.29. The van der Waals surface area contributed by atoms with Crippen molar-refractivity contribution in [3.63, 3.8) is 0 Å². The first-order chi connectivity index (χ1) is 13.3. The number of morpholine rings is 1. The molecule has 27 heavy (non-hydrogen) atoms. The summed E-state index contributed by atoms with van der Waals surface area (Å²) in [5.74, 6) is 0.577. The topological polar surface area (TPSA) is 21.7 Å². The molecule has 0 radical (unpaired) electrons. The number of nitrogens with zero attached hydrogens (tertiary/aromatic N) is 1. The number of hydrogen-bond donors (Lipinski definition) is 0. The molecule has 0 aliphatic carbocycles. The second-order valence-electron chi connectivity index (χ2n) is 6.85. The molecule has 1 fully saturated rings. The highest BCUT2D eigenvalue weighted by atomic mass is 19.1. The Hall–Kier alpha value is -2.43. The van der Waals surface area contributed by atoms with Crippen molar-refractivity contribution in [2.45, 2.75) is 12.5 Å². The largest absolute Gasteiger partial charge is 0.485 e. The zero-order valence-corrected chi connectivity index (χ0v) is 15.3. The third-order valence-corrected chi connectivity index (χ3v) is 5.08. The normalized spacial score (nSPS) is 16.3. The number of benzene rings is 3. The van der Waals surface area contributed by atoms with Gasteiger partial charge in [-0.3, -0.25) is 4.90 Å². The second-order valence-corrected chi connectivity index (χ2v) is 6.85. The molecule has 3 nitrogen and oxygen atoms in total. The lowest BCUT2D eigenvalue weighted by atomic mass is 10.0. The van der Waals surface area contributed by atoms with Crippen molar-refractivity contribution >= 4 is 10.8 Å². The highest BCUT2D eigenvalue weighted by Crippen LogP contribution is 2.32. The summed E-state index contributed by atoms with van der Waals surface area (Å²) in [4.78, 5) is 2.35. The van der Waals surface area contributed by atoms with Crippen LogP contribution in [0.2, 0.25) is 0 Å². The average molecular weight is 365 g/mol. The van der Waals surface area contributed by atoms with Gasteiger partial charge in [-0.05, 0) is 17.5 Å². The SMILES string of the molecule is Fc1ccccc1C(CCN1CCOCC1)Oc1cccc2ccccc12. The molecule has 0 amide bonds. The van der Waals surface area contributed by atoms with Gasteiger partial charge in [-0.15, -0.1) is 0 Å². The Bertz CT molecular complexity index is 887. The fraction of sp³-hybridized carbons (Fsp3) is 0.304. The Morgan fingerprint density at radius 2 is 1.67 bits per heavy atom. The highest BCUT2D eigenvalue weighted by Gasteiger charge is 2.20. The van der Waals surface area contributed by atoms with Gasteiger partial charge in [0.2, 0.25) is 0 Å². The summed E-state index contributed by atoms with van der Waals surface area (Å²) in [5, 5.41) is 2.17. The molecule has 3 aromatic carbocycles. The minimum absolute atomic E-state index is 0.218. The van der Waals surface area contributed by atoms with Gasteiger partial charge >= 0.3 is 0 Å². The number of ether oxygens (including phenoxy) is 2. The zero-order chi connectivity index (χ0) is 18.5. The predicted molar refractivity (Wildman–Crippen MR) is 106 cm³/mol. The van der Waals surface area contributed by atoms with Crippen molar-refractivity contribution in [2.24, 2.45) is 0 Å². The summed E-state index contributed by atoms with van der Waals surface area (Å²) in [6, 6.07) is 21.0. The Kier molecular flexibility index (Phi) is 5.66. The molecule has 1 aliphatic rings. The Labute approximate surface area is 159 Å². The first-order valence-corrected chi connectivity index (χ1v) is 9.50. The van der Waals surface area contributed by atoms with Crippen LogP contribution in [0.25, 0.3) is 10.8 Å². The van der Waals surface area contributed by atoms with Crippen molar-refractivity contribution in [2.75, 3.05) is 32.8 Å². The van der Waals surface area contributed by atoms with Crippen LogP contribution >= 0.6 is 0 Å². The standard InChI is InChI=1S/C23H24FNO2/c24-21-10-4-3-9-20(21)23(12-13-25-14-16-26-17-15-25)27-22-11-5-7-18-6-1-2-8-19(18)22/h1-11,23H,12-17H2. The van der Waals surface area contributed by atoms with E-state index in [0.717, 1.165) is 55.8 Å². The van der Waals surface area contributed by atoms with Crippen LogP contribution in [0.15, 0.2) is 66.7 Å². The molecule has 4 rings (SSSR count). The van der Waals surface area contributed by atoms with E-state index < -0.39 is 0 Å². The summed E-state index contributed by atoms with van der Waals surface area (Å²) in [6.45, 7) is 4.20. The molecule has 4 heteroatoms. The van der Waals surface area contributed by atoms with Gasteiger partial charge in [-0.2, -0.15) is 0 Å². The molecule has 1 unspecified atom stereocenters. The Balaban J connectivity index is 1.60. The Morgan fingerprint density at radius 1 is 0.926 bits per heavy atom. The monoisotopic (exact) mass is 365 g/mol. The van der Waals surface area contributed by atoms with Crippen molar-refractivity contribution < 1.29 is 13.9 Å². The van der Waals surface area contributed by atoms with Crippen molar-refractivity contribution in [3.05, 3.63) is 78.1 Å². The summed E-state index contributed by atoms with van der Waals surface area (Å²) in [6.07, 6.45) is 0.393. The molecule has 0 bridgehead atoms. The van der Waals surface area contributed by atoms with Crippen LogP contribution in [0.5, 0.6) is 5.75 Å². The lowest BCUT2D eigenvalue weighted by Gasteiger charge is -2.29. The van der Waals surface area contributed by atoms with Crippen LogP contribution < -0.4 is 4.74 Å². The maximum atomic E-state index is 14.5. The summed E-state index contributed by atoms with van der Waals surface area (Å²) < 4.78 is 26.3. The minimum Gasteiger partial charge on any atom is -0.485 e. The zero-order valence-electron chi connectivity index (χ0n) is 15.3. The lowest BCUT2D eigenvalue weighted by Crippen LogP contribution is -2.37.